The van der Waals surface area contributed by atoms with Gasteiger partial charge in [-0.15, -0.1) is 0 Å². The lowest BCUT2D eigenvalue weighted by Crippen LogP contribution is -2.27. The van der Waals surface area contributed by atoms with E-state index in [1.54, 1.807) is 11.9 Å². The lowest BCUT2D eigenvalue weighted by molar-refractivity contribution is 0.0784. The molecule has 0 aliphatic carbocycles. The number of carbonyl (C=O) groups excluding carboxylic acids is 1. The number of carbonyl (C=O) groups is 1. The quantitative estimate of drug-likeness (QED) is 0.938. The number of hydrogen-bond donors (Lipinski definition) is 1. The van der Waals surface area contributed by atoms with Gasteiger partial charge in [-0.3, -0.25) is 9.78 Å². The largest absolute Gasteiger partial charge is 0.387 e. The van der Waals surface area contributed by atoms with Gasteiger partial charge in [-0.1, -0.05) is 12.1 Å². The molecule has 1 aromatic heterocycles. The molecule has 2 rings (SSSR count). The zero-order chi connectivity index (χ0) is 15.4. The summed E-state index contributed by atoms with van der Waals surface area (Å²) >= 11 is 0. The minimum absolute atomic E-state index is 0.0114. The second-order valence-electron chi connectivity index (χ2n) is 5.23. The van der Waals surface area contributed by atoms with Gasteiger partial charge in [0.15, 0.2) is 0 Å². The Morgan fingerprint density at radius 3 is 2.67 bits per heavy atom. The van der Waals surface area contributed by atoms with Crippen LogP contribution in [0.1, 0.15) is 27.3 Å². The van der Waals surface area contributed by atoms with Crippen LogP contribution >= 0.6 is 0 Å². The average molecular weight is 283 g/mol. The summed E-state index contributed by atoms with van der Waals surface area (Å²) < 4.78 is 0. The number of benzene rings is 1. The van der Waals surface area contributed by atoms with Gasteiger partial charge in [0.25, 0.3) is 5.91 Å². The number of pyridine rings is 1. The Morgan fingerprint density at radius 1 is 1.24 bits per heavy atom. The van der Waals surface area contributed by atoms with Crippen LogP contribution in [-0.4, -0.2) is 29.9 Å². The number of amides is 1. The topological polar surface area (TPSA) is 45.2 Å². The number of anilines is 1. The van der Waals surface area contributed by atoms with E-state index in [0.29, 0.717) is 12.1 Å². The molecular weight excluding hydrogens is 262 g/mol. The fourth-order valence-corrected chi connectivity index (χ4v) is 2.26. The van der Waals surface area contributed by atoms with Crippen LogP contribution in [-0.2, 0) is 6.54 Å². The van der Waals surface area contributed by atoms with Gasteiger partial charge in [0.1, 0.15) is 0 Å². The van der Waals surface area contributed by atoms with Crippen molar-refractivity contribution >= 4 is 11.6 Å². The first-order valence-electron chi connectivity index (χ1n) is 6.97. The van der Waals surface area contributed by atoms with Gasteiger partial charge in [0, 0.05) is 25.5 Å². The Kier molecular flexibility index (Phi) is 4.58. The first-order valence-corrected chi connectivity index (χ1v) is 6.97. The van der Waals surface area contributed by atoms with Crippen LogP contribution < -0.4 is 5.32 Å². The molecule has 0 aliphatic heterocycles. The van der Waals surface area contributed by atoms with Gasteiger partial charge in [-0.05, 0) is 43.7 Å². The zero-order valence-electron chi connectivity index (χ0n) is 13.0. The summed E-state index contributed by atoms with van der Waals surface area (Å²) in [6.07, 6.45) is 0. The molecule has 0 saturated carbocycles. The molecule has 2 aromatic rings. The Balaban J connectivity index is 2.19. The highest BCUT2D eigenvalue weighted by molar-refractivity contribution is 5.99. The minimum Gasteiger partial charge on any atom is -0.387 e. The molecule has 1 heterocycles. The minimum atomic E-state index is -0.0114. The molecule has 4 nitrogen and oxygen atoms in total. The van der Waals surface area contributed by atoms with E-state index in [1.165, 1.54) is 0 Å². The summed E-state index contributed by atoms with van der Waals surface area (Å²) in [4.78, 5) is 18.7. The van der Waals surface area contributed by atoms with Crippen LogP contribution in [0.15, 0.2) is 36.4 Å². The van der Waals surface area contributed by atoms with Gasteiger partial charge in [0.05, 0.1) is 17.8 Å². The van der Waals surface area contributed by atoms with Crippen molar-refractivity contribution in [3.8, 4) is 0 Å². The summed E-state index contributed by atoms with van der Waals surface area (Å²) in [5, 5.41) is 3.08. The Morgan fingerprint density at radius 2 is 2.00 bits per heavy atom. The zero-order valence-corrected chi connectivity index (χ0v) is 13.0. The number of nitrogens with zero attached hydrogens (tertiary/aromatic N) is 2. The van der Waals surface area contributed by atoms with Crippen molar-refractivity contribution in [2.45, 2.75) is 20.4 Å². The van der Waals surface area contributed by atoms with Crippen LogP contribution in [0.4, 0.5) is 5.69 Å². The van der Waals surface area contributed by atoms with E-state index in [0.717, 1.165) is 22.6 Å². The normalized spacial score (nSPS) is 10.3. The standard InChI is InChI=1S/C17H21N3O/c1-12-8-9-15(16(10-12)18-3)17(21)20(4)11-14-7-5-6-13(2)19-14/h5-10,18H,11H2,1-4H3. The first kappa shape index (κ1) is 15.0. The van der Waals surface area contributed by atoms with Gasteiger partial charge < -0.3 is 10.2 Å². The molecule has 0 unspecified atom stereocenters. The second kappa shape index (κ2) is 6.39. The second-order valence-corrected chi connectivity index (χ2v) is 5.23. The molecule has 0 fully saturated rings. The summed E-state index contributed by atoms with van der Waals surface area (Å²) in [5.41, 5.74) is 4.50. The molecular formula is C17H21N3O. The molecule has 0 aliphatic rings. The maximum atomic E-state index is 12.6. The molecule has 1 N–H and O–H groups in total. The fraction of sp³-hybridized carbons (Fsp3) is 0.294. The third kappa shape index (κ3) is 3.60. The van der Waals surface area contributed by atoms with Gasteiger partial charge in [0.2, 0.25) is 0 Å². The summed E-state index contributed by atoms with van der Waals surface area (Å²) in [5.74, 6) is -0.0114. The Labute approximate surface area is 125 Å². The third-order valence-electron chi connectivity index (χ3n) is 3.37. The number of aryl methyl sites for hydroxylation is 2. The molecule has 0 bridgehead atoms. The van der Waals surface area contributed by atoms with E-state index >= 15 is 0 Å². The Bertz CT molecular complexity index is 652. The van der Waals surface area contributed by atoms with Gasteiger partial charge in [-0.25, -0.2) is 0 Å². The van der Waals surface area contributed by atoms with Crippen molar-refractivity contribution in [3.05, 3.63) is 58.9 Å². The van der Waals surface area contributed by atoms with Crippen LogP contribution in [0.5, 0.6) is 0 Å². The monoisotopic (exact) mass is 283 g/mol. The first-order chi connectivity index (χ1) is 10.0. The molecule has 110 valence electrons. The lowest BCUT2D eigenvalue weighted by atomic mass is 10.1. The fourth-order valence-electron chi connectivity index (χ4n) is 2.26. The van der Waals surface area contributed by atoms with E-state index in [9.17, 15) is 4.79 Å². The van der Waals surface area contributed by atoms with Crippen LogP contribution in [0.2, 0.25) is 0 Å². The summed E-state index contributed by atoms with van der Waals surface area (Å²) in [7, 11) is 3.62. The highest BCUT2D eigenvalue weighted by Crippen LogP contribution is 2.19. The van der Waals surface area contributed by atoms with Gasteiger partial charge in [-0.2, -0.15) is 0 Å². The van der Waals surface area contributed by atoms with Crippen molar-refractivity contribution in [1.29, 1.82) is 0 Å². The molecule has 0 spiro atoms. The van der Waals surface area contributed by atoms with Crippen LogP contribution in [0.25, 0.3) is 0 Å². The van der Waals surface area contributed by atoms with Crippen molar-refractivity contribution in [2.75, 3.05) is 19.4 Å². The third-order valence-corrected chi connectivity index (χ3v) is 3.37. The molecule has 1 aromatic carbocycles. The van der Waals surface area contributed by atoms with Crippen molar-refractivity contribution in [3.63, 3.8) is 0 Å². The predicted octanol–water partition coefficient (Wildman–Crippen LogP) is 3.01. The number of rotatable bonds is 4. The van der Waals surface area contributed by atoms with Crippen molar-refractivity contribution in [2.24, 2.45) is 0 Å². The van der Waals surface area contributed by atoms with E-state index in [1.807, 2.05) is 57.3 Å². The summed E-state index contributed by atoms with van der Waals surface area (Å²) in [6.45, 7) is 4.46. The maximum Gasteiger partial charge on any atom is 0.256 e. The van der Waals surface area contributed by atoms with E-state index in [4.69, 9.17) is 0 Å². The molecule has 0 saturated heterocycles. The number of hydrogen-bond acceptors (Lipinski definition) is 3. The maximum absolute atomic E-state index is 12.6. The molecule has 0 radical (unpaired) electrons. The highest BCUT2D eigenvalue weighted by atomic mass is 16.2. The Hall–Kier alpha value is -2.36. The molecule has 4 heteroatoms. The number of nitrogens with one attached hydrogen (secondary N) is 1. The van der Waals surface area contributed by atoms with E-state index in [-0.39, 0.29) is 5.91 Å². The van der Waals surface area contributed by atoms with E-state index < -0.39 is 0 Å². The van der Waals surface area contributed by atoms with E-state index in [2.05, 4.69) is 10.3 Å². The SMILES string of the molecule is CNc1cc(C)ccc1C(=O)N(C)Cc1cccc(C)n1. The smallest absolute Gasteiger partial charge is 0.256 e. The van der Waals surface area contributed by atoms with Crippen molar-refractivity contribution in [1.82, 2.24) is 9.88 Å². The highest BCUT2D eigenvalue weighted by Gasteiger charge is 2.16. The molecule has 1 amide bonds. The lowest BCUT2D eigenvalue weighted by Gasteiger charge is -2.19. The number of aromatic nitrogens is 1. The predicted molar refractivity (Wildman–Crippen MR) is 85.5 cm³/mol. The average Bonchev–Trinajstić information content (AvgIpc) is 2.46. The van der Waals surface area contributed by atoms with Crippen LogP contribution in [0.3, 0.4) is 0 Å². The van der Waals surface area contributed by atoms with Crippen molar-refractivity contribution < 1.29 is 4.79 Å². The molecule has 21 heavy (non-hydrogen) atoms. The van der Waals surface area contributed by atoms with Gasteiger partial charge >= 0.3 is 0 Å². The molecule has 0 atom stereocenters. The van der Waals surface area contributed by atoms with Crippen LogP contribution in [0, 0.1) is 13.8 Å². The summed E-state index contributed by atoms with van der Waals surface area (Å²) in [6, 6.07) is 11.6.